The first-order valence-electron chi connectivity index (χ1n) is 13.9. The van der Waals surface area contributed by atoms with Crippen molar-refractivity contribution in [3.63, 3.8) is 0 Å². The molecule has 11 heteroatoms. The molecule has 2 bridgehead atoms. The van der Waals surface area contributed by atoms with Gasteiger partial charge in [-0.1, -0.05) is 44.7 Å². The van der Waals surface area contributed by atoms with Crippen LogP contribution in [0.2, 0.25) is 0 Å². The molecule has 0 fully saturated rings. The molecule has 1 aromatic rings. The van der Waals surface area contributed by atoms with E-state index in [9.17, 15) is 24.9 Å². The van der Waals surface area contributed by atoms with Gasteiger partial charge in [0.15, 0.2) is 17.5 Å². The molecule has 0 saturated carbocycles. The number of allylic oxidation sites excluding steroid dienone is 2. The molecule has 8 N–H and O–H groups in total. The average Bonchev–Trinajstić information content (AvgIpc) is 2.94. The van der Waals surface area contributed by atoms with E-state index in [-0.39, 0.29) is 23.1 Å². The Morgan fingerprint density at radius 2 is 1.93 bits per heavy atom. The van der Waals surface area contributed by atoms with Gasteiger partial charge in [-0.2, -0.15) is 0 Å². The minimum absolute atomic E-state index is 0.0616. The van der Waals surface area contributed by atoms with E-state index in [0.717, 1.165) is 0 Å². The third-order valence-corrected chi connectivity index (χ3v) is 7.36. The fourth-order valence-electron chi connectivity index (χ4n) is 5.06. The van der Waals surface area contributed by atoms with Crippen molar-refractivity contribution in [2.75, 3.05) is 26.1 Å². The molecule has 2 rings (SSSR count). The number of quaternary nitrogens is 1. The Balaban J connectivity index is 2.67. The Labute approximate surface area is 247 Å². The van der Waals surface area contributed by atoms with Gasteiger partial charge >= 0.3 is 6.09 Å². The molecule has 42 heavy (non-hydrogen) atoms. The molecule has 1 unspecified atom stereocenters. The number of nitrogens with one attached hydrogen (secondary N) is 1. The van der Waals surface area contributed by atoms with Gasteiger partial charge in [0.1, 0.15) is 11.9 Å². The molecule has 0 radical (unpaired) electrons. The van der Waals surface area contributed by atoms with Crippen LogP contribution in [-0.4, -0.2) is 72.5 Å². The van der Waals surface area contributed by atoms with Gasteiger partial charge in [-0.3, -0.25) is 4.79 Å². The van der Waals surface area contributed by atoms with Crippen molar-refractivity contribution < 1.29 is 44.4 Å². The van der Waals surface area contributed by atoms with Gasteiger partial charge in [-0.05, 0) is 44.3 Å². The summed E-state index contributed by atoms with van der Waals surface area (Å²) in [6.07, 6.45) is 4.79. The van der Waals surface area contributed by atoms with Crippen molar-refractivity contribution in [2.24, 2.45) is 17.6 Å². The zero-order valence-electron chi connectivity index (χ0n) is 25.3. The Bertz CT molecular complexity index is 1210. The van der Waals surface area contributed by atoms with Crippen molar-refractivity contribution in [1.82, 2.24) is 0 Å². The van der Waals surface area contributed by atoms with E-state index in [2.05, 4.69) is 11.9 Å². The third kappa shape index (κ3) is 9.18. The highest BCUT2D eigenvalue weighted by atomic mass is 16.6. The van der Waals surface area contributed by atoms with Crippen LogP contribution in [0.3, 0.4) is 0 Å². The zero-order valence-corrected chi connectivity index (χ0v) is 25.3. The van der Waals surface area contributed by atoms with Crippen LogP contribution in [0.5, 0.6) is 11.5 Å². The van der Waals surface area contributed by atoms with E-state index < -0.39 is 42.3 Å². The minimum Gasteiger partial charge on any atom is -0.505 e. The second-order valence-corrected chi connectivity index (χ2v) is 10.7. The number of aliphatic hydroxyl groups is 1. The molecule has 11 nitrogen and oxygen atoms in total. The van der Waals surface area contributed by atoms with Crippen molar-refractivity contribution in [3.05, 3.63) is 59.7 Å². The van der Waals surface area contributed by atoms with E-state index in [1.54, 1.807) is 43.5 Å². The van der Waals surface area contributed by atoms with Crippen LogP contribution in [-0.2, 0) is 25.4 Å². The number of benzene rings is 1. The molecule has 0 aliphatic carbocycles. The number of phenols is 2. The van der Waals surface area contributed by atoms with Crippen molar-refractivity contribution in [2.45, 2.75) is 65.0 Å². The number of hydrogen-bond acceptors (Lipinski definition) is 8. The van der Waals surface area contributed by atoms with Crippen LogP contribution in [0.1, 0.15) is 39.7 Å². The lowest BCUT2D eigenvalue weighted by Gasteiger charge is -2.29. The summed E-state index contributed by atoms with van der Waals surface area (Å²) >= 11 is 0. The van der Waals surface area contributed by atoms with Crippen molar-refractivity contribution in [3.8, 4) is 11.5 Å². The zero-order chi connectivity index (χ0) is 31.6. The van der Waals surface area contributed by atoms with E-state index in [0.29, 0.717) is 41.8 Å². The maximum atomic E-state index is 13.0. The summed E-state index contributed by atoms with van der Waals surface area (Å²) in [6, 6.07) is 1.31. The Morgan fingerprint density at radius 3 is 2.52 bits per heavy atom. The number of ether oxygens (including phenoxy) is 3. The normalized spacial score (nSPS) is 29.4. The first-order chi connectivity index (χ1) is 19.8. The monoisotopic (exact) mass is 588 g/mol. The molecular formula is C31H46N3O8+. The second-order valence-electron chi connectivity index (χ2n) is 10.7. The number of nitrogens with two attached hydrogens (primary N) is 2. The Kier molecular flexibility index (Phi) is 13.3. The summed E-state index contributed by atoms with van der Waals surface area (Å²) in [5, 5.41) is 37.8. The number of aromatic hydroxyl groups is 2. The highest BCUT2D eigenvalue weighted by Gasteiger charge is 2.30. The van der Waals surface area contributed by atoms with Gasteiger partial charge in [0.2, 0.25) is 0 Å². The van der Waals surface area contributed by atoms with Gasteiger partial charge in [0.05, 0.1) is 30.0 Å². The van der Waals surface area contributed by atoms with Crippen LogP contribution in [0.15, 0.2) is 54.2 Å². The number of rotatable bonds is 6. The van der Waals surface area contributed by atoms with Crippen LogP contribution in [0.25, 0.3) is 0 Å². The molecule has 0 spiro atoms. The van der Waals surface area contributed by atoms with Gasteiger partial charge in [0.25, 0.3) is 5.91 Å². The topological polar surface area (TPSA) is 177 Å². The van der Waals surface area contributed by atoms with E-state index >= 15 is 0 Å². The lowest BCUT2D eigenvalue weighted by molar-refractivity contribution is -0.562. The number of anilines is 1. The third-order valence-electron chi connectivity index (χ3n) is 7.36. The number of carbonyl (C=O) groups is 2. The fraction of sp³-hybridized carbons (Fsp3) is 0.484. The first kappa shape index (κ1) is 34.6. The number of phenolic OH excluding ortho intramolecular Hbond substituents is 2. The summed E-state index contributed by atoms with van der Waals surface area (Å²) in [5.74, 6) is -1.28. The molecular weight excluding hydrogens is 542 g/mol. The van der Waals surface area contributed by atoms with Crippen molar-refractivity contribution in [1.29, 1.82) is 0 Å². The molecule has 0 saturated heterocycles. The van der Waals surface area contributed by atoms with E-state index in [4.69, 9.17) is 19.9 Å². The van der Waals surface area contributed by atoms with Crippen molar-refractivity contribution >= 4 is 23.4 Å². The maximum absolute atomic E-state index is 13.0. The summed E-state index contributed by atoms with van der Waals surface area (Å²) in [7, 11) is 2.96. The molecule has 1 aliphatic rings. The largest absolute Gasteiger partial charge is 0.505 e. The molecule has 0 aromatic heterocycles. The molecule has 1 heterocycles. The molecule has 1 aliphatic heterocycles. The highest BCUT2D eigenvalue weighted by molar-refractivity contribution is 6.04. The lowest BCUT2D eigenvalue weighted by atomic mass is 9.87. The number of methoxy groups -OCH3 is 2. The number of hydrogen-bond donors (Lipinski definition) is 6. The molecule has 232 valence electrons. The lowest BCUT2D eigenvalue weighted by Crippen LogP contribution is -2.78. The minimum atomic E-state index is -0.987. The maximum Gasteiger partial charge on any atom is 0.405 e. The Morgan fingerprint density at radius 1 is 1.24 bits per heavy atom. The highest BCUT2D eigenvalue weighted by Crippen LogP contribution is 2.40. The summed E-state index contributed by atoms with van der Waals surface area (Å²) in [6.45, 7) is 11.3. The number of amides is 2. The standard InChI is InChI=1S/C31H45N3O8/c1-8-12-33-26-21-13-17(2)14-25(41-7)27(36)19(4)15-20(5)29(42-31(32)39)24(40-6)11-9-10-18(3)30(38)34-22(28(21)37)16-23(26)35/h8-11,15-17,19,24-25,27,29,33,35-37H,1,12-14H2,2-7H3,(H2,32,39)(H,34,38)/p+1/b11-9-,18-10+,20-15+/t17?,19-,24-,25-,27+,29-/m0/s1. The number of fused-ring (bicyclic) bond motifs is 2. The molecule has 1 aromatic carbocycles. The van der Waals surface area contributed by atoms with Gasteiger partial charge in [0, 0.05) is 31.8 Å². The van der Waals surface area contributed by atoms with Crippen LogP contribution in [0, 0.1) is 11.8 Å². The SMILES string of the molecule is C=CC[NH2+]c1c(O)cc2c(O)c1CC(C)C[C@H](OC)[C@H](O)[C@@H](C)/C=C(\C)[C@H](OC(N)=O)[C@@H](OC)/C=C\C=C(/C)C(=O)N2. The average molecular weight is 589 g/mol. The van der Waals surface area contributed by atoms with E-state index in [1.165, 1.54) is 26.4 Å². The first-order valence-corrected chi connectivity index (χ1v) is 13.9. The second kappa shape index (κ2) is 16.1. The smallest absolute Gasteiger partial charge is 0.405 e. The van der Waals surface area contributed by atoms with Gasteiger partial charge < -0.3 is 45.9 Å². The van der Waals surface area contributed by atoms with E-state index in [1.807, 2.05) is 13.8 Å². The van der Waals surface area contributed by atoms with Gasteiger partial charge in [-0.25, -0.2) is 4.79 Å². The number of primary amides is 1. The van der Waals surface area contributed by atoms with Crippen LogP contribution in [0.4, 0.5) is 16.2 Å². The summed E-state index contributed by atoms with van der Waals surface area (Å²) < 4.78 is 16.6. The number of aliphatic hydroxyl groups excluding tert-OH is 1. The number of carbonyl (C=O) groups excluding carboxylic acids is 2. The predicted molar refractivity (Wildman–Crippen MR) is 160 cm³/mol. The Hall–Kier alpha value is -3.64. The van der Waals surface area contributed by atoms with Crippen LogP contribution < -0.4 is 16.4 Å². The quantitative estimate of drug-likeness (QED) is 0.127. The predicted octanol–water partition coefficient (Wildman–Crippen LogP) is 2.94. The van der Waals surface area contributed by atoms with Crippen LogP contribution >= 0.6 is 0 Å². The summed E-state index contributed by atoms with van der Waals surface area (Å²) in [5.41, 5.74) is 7.23. The fourth-order valence-corrected chi connectivity index (χ4v) is 5.06. The summed E-state index contributed by atoms with van der Waals surface area (Å²) in [4.78, 5) is 24.7. The van der Waals surface area contributed by atoms with Gasteiger partial charge in [-0.15, -0.1) is 0 Å². The molecule has 2 amide bonds. The molecule has 6 atom stereocenters.